The molecule has 0 aliphatic heterocycles. The Labute approximate surface area is 254 Å². The lowest BCUT2D eigenvalue weighted by molar-refractivity contribution is -0.127. The molecule has 3 aliphatic rings. The zero-order valence-corrected chi connectivity index (χ0v) is 26.5. The lowest BCUT2D eigenvalue weighted by atomic mass is 9.70. The molecule has 7 atom stereocenters. The summed E-state index contributed by atoms with van der Waals surface area (Å²) in [5.41, 5.74) is 11.1. The number of fused-ring (bicyclic) bond motifs is 2. The van der Waals surface area contributed by atoms with Crippen molar-refractivity contribution in [2.24, 2.45) is 52.6 Å². The minimum absolute atomic E-state index is 0. The van der Waals surface area contributed by atoms with Crippen LogP contribution in [0.2, 0.25) is 0 Å². The van der Waals surface area contributed by atoms with E-state index >= 15 is 0 Å². The van der Waals surface area contributed by atoms with E-state index < -0.39 is 0 Å². The highest BCUT2D eigenvalue weighted by atomic mass is 16.2. The van der Waals surface area contributed by atoms with Crippen molar-refractivity contribution in [1.29, 1.82) is 0 Å². The molecule has 2 fully saturated rings. The Hall–Kier alpha value is -2.92. The Kier molecular flexibility index (Phi) is 10.9. The minimum atomic E-state index is -0.289. The van der Waals surface area contributed by atoms with E-state index in [9.17, 15) is 9.59 Å². The fraction of sp³-hybridized carbons (Fsp3) is 0.568. The van der Waals surface area contributed by atoms with E-state index in [4.69, 9.17) is 12.3 Å². The average molecular weight is 575 g/mol. The summed E-state index contributed by atoms with van der Waals surface area (Å²) in [6.07, 6.45) is 9.70. The molecule has 0 radical (unpaired) electrons. The molecule has 42 heavy (non-hydrogen) atoms. The molecule has 1 aromatic rings. The normalized spacial score (nSPS) is 25.9. The van der Waals surface area contributed by atoms with Crippen molar-refractivity contribution in [2.45, 2.75) is 85.6 Å². The molecule has 0 spiro atoms. The number of carbonyl (C=O) groups excluding carboxylic acids is 2. The van der Waals surface area contributed by atoms with E-state index in [0.29, 0.717) is 60.0 Å². The first-order valence-electron chi connectivity index (χ1n) is 15.7. The molecule has 1 aromatic carbocycles. The van der Waals surface area contributed by atoms with Crippen LogP contribution in [-0.4, -0.2) is 23.2 Å². The number of allylic oxidation sites excluding steroid dienone is 2. The monoisotopic (exact) mass is 574 g/mol. The number of ketones is 1. The maximum atomic E-state index is 14.2. The van der Waals surface area contributed by atoms with Crippen LogP contribution in [0.1, 0.15) is 77.8 Å². The number of nitrogens with one attached hydrogen (secondary N) is 1. The highest BCUT2D eigenvalue weighted by Gasteiger charge is 2.69. The first-order valence-corrected chi connectivity index (χ1v) is 15.7. The molecule has 0 saturated heterocycles. The third kappa shape index (κ3) is 6.83. The van der Waals surface area contributed by atoms with Crippen molar-refractivity contribution in [3.8, 4) is 0 Å². The van der Waals surface area contributed by atoms with Crippen molar-refractivity contribution in [1.82, 2.24) is 5.32 Å². The number of rotatable bonds is 14. The summed E-state index contributed by atoms with van der Waals surface area (Å²) in [7, 11) is 0. The third-order valence-electron chi connectivity index (χ3n) is 10.9. The van der Waals surface area contributed by atoms with Gasteiger partial charge in [-0.1, -0.05) is 95.8 Å². The second-order valence-corrected chi connectivity index (χ2v) is 13.8. The van der Waals surface area contributed by atoms with Crippen LogP contribution in [0.4, 0.5) is 0 Å². The predicted molar refractivity (Wildman–Crippen MR) is 173 cm³/mol. The number of nitrogens with two attached hydrogens (primary N) is 1. The van der Waals surface area contributed by atoms with E-state index in [1.807, 2.05) is 19.1 Å². The molecule has 0 aromatic heterocycles. The zero-order valence-electron chi connectivity index (χ0n) is 26.5. The summed E-state index contributed by atoms with van der Waals surface area (Å²) in [5.74, 6) is 1.92. The summed E-state index contributed by atoms with van der Waals surface area (Å²) >= 11 is 0. The minimum Gasteiger partial charge on any atom is -0.412 e. The third-order valence-corrected chi connectivity index (χ3v) is 10.9. The van der Waals surface area contributed by atoms with Crippen LogP contribution in [0.25, 0.3) is 0 Å². The summed E-state index contributed by atoms with van der Waals surface area (Å²) in [6.45, 7) is 23.6. The fourth-order valence-corrected chi connectivity index (χ4v) is 8.01. The van der Waals surface area contributed by atoms with E-state index in [1.54, 1.807) is 0 Å². The number of carbonyl (C=O) groups is 2. The van der Waals surface area contributed by atoms with Crippen LogP contribution in [0, 0.1) is 46.8 Å². The van der Waals surface area contributed by atoms with Crippen LogP contribution in [-0.2, 0) is 22.4 Å². The van der Waals surface area contributed by atoms with Crippen LogP contribution in [0.3, 0.4) is 0 Å². The number of benzene rings is 1. The van der Waals surface area contributed by atoms with E-state index in [1.165, 1.54) is 11.1 Å². The quantitative estimate of drug-likeness (QED) is 0.195. The number of hydrogen-bond acceptors (Lipinski definition) is 3. The van der Waals surface area contributed by atoms with Crippen LogP contribution in [0.15, 0.2) is 73.0 Å². The Morgan fingerprint density at radius 3 is 2.29 bits per heavy atom. The highest BCUT2D eigenvalue weighted by Crippen LogP contribution is 2.72. The second-order valence-electron chi connectivity index (χ2n) is 13.8. The van der Waals surface area contributed by atoms with Gasteiger partial charge in [0.2, 0.25) is 5.91 Å². The van der Waals surface area contributed by atoms with Gasteiger partial charge in [-0.25, -0.2) is 0 Å². The van der Waals surface area contributed by atoms with Gasteiger partial charge in [-0.3, -0.25) is 9.59 Å². The van der Waals surface area contributed by atoms with Crippen molar-refractivity contribution >= 4 is 11.7 Å². The van der Waals surface area contributed by atoms with Gasteiger partial charge >= 0.3 is 0 Å². The first kappa shape index (κ1) is 33.6. The molecule has 1 amide bonds. The van der Waals surface area contributed by atoms with Crippen molar-refractivity contribution in [2.75, 3.05) is 0 Å². The average Bonchev–Trinajstić information content (AvgIpc) is 3.31. The van der Waals surface area contributed by atoms with Gasteiger partial charge < -0.3 is 16.5 Å². The summed E-state index contributed by atoms with van der Waals surface area (Å²) in [5, 5.41) is 3.31. The number of hydrogen-bond donors (Lipinski definition) is 2. The van der Waals surface area contributed by atoms with Crippen LogP contribution < -0.4 is 11.1 Å². The molecular formula is C37H54N2O3. The molecule has 5 heteroatoms. The Balaban J connectivity index is 0.00000484. The molecule has 0 heterocycles. The van der Waals surface area contributed by atoms with Gasteiger partial charge in [0.25, 0.3) is 0 Å². The Morgan fingerprint density at radius 1 is 1.12 bits per heavy atom. The van der Waals surface area contributed by atoms with Crippen molar-refractivity contribution in [3.05, 3.63) is 84.1 Å². The molecule has 7 unspecified atom stereocenters. The molecule has 230 valence electrons. The van der Waals surface area contributed by atoms with Crippen LogP contribution in [0.5, 0.6) is 0 Å². The Morgan fingerprint density at radius 2 is 1.74 bits per heavy atom. The first-order chi connectivity index (χ1) is 19.4. The van der Waals surface area contributed by atoms with Gasteiger partial charge in [-0.05, 0) is 90.2 Å². The highest BCUT2D eigenvalue weighted by molar-refractivity contribution is 5.82. The van der Waals surface area contributed by atoms with Crippen LogP contribution >= 0.6 is 0 Å². The Bertz CT molecular complexity index is 1200. The van der Waals surface area contributed by atoms with E-state index in [2.05, 4.69) is 70.4 Å². The maximum Gasteiger partial charge on any atom is 0.224 e. The second kappa shape index (κ2) is 13.6. The molecule has 4 rings (SSSR count). The topological polar surface area (TPSA) is 104 Å². The van der Waals surface area contributed by atoms with Gasteiger partial charge in [0.1, 0.15) is 5.78 Å². The molecule has 5 nitrogen and oxygen atoms in total. The largest absolute Gasteiger partial charge is 0.412 e. The van der Waals surface area contributed by atoms with Gasteiger partial charge in [-0.2, -0.15) is 0 Å². The van der Waals surface area contributed by atoms with Gasteiger partial charge in [0, 0.05) is 24.5 Å². The number of amides is 1. The summed E-state index contributed by atoms with van der Waals surface area (Å²) < 4.78 is 0. The molecular weight excluding hydrogens is 520 g/mol. The molecule has 3 aliphatic carbocycles. The summed E-state index contributed by atoms with van der Waals surface area (Å²) in [6, 6.07) is 8.38. The smallest absolute Gasteiger partial charge is 0.224 e. The fourth-order valence-electron chi connectivity index (χ4n) is 8.01. The standard InChI is InChI=1S/C37H52N2O2.H2O/c1-9-11-16-33(23(4)25(6)38)39-36(41)34-31(21-32-35(34)37(32,7)8)24(5)30(20-29(40)17-22(3)10-2)28-18-26-14-12-13-15-27(26)19-28;/h9,11-15,22,28,30-35H,4-6,10,16-21,38H2,1-3,7-8H3,(H,39,41);1H2/b11-9+;. The van der Waals surface area contributed by atoms with Gasteiger partial charge in [0.05, 0.1) is 6.04 Å². The van der Waals surface area contributed by atoms with E-state index in [0.717, 1.165) is 31.3 Å². The zero-order chi connectivity index (χ0) is 30.1. The van der Waals surface area contributed by atoms with E-state index in [-0.39, 0.29) is 40.6 Å². The molecule has 0 bridgehead atoms. The maximum absolute atomic E-state index is 14.2. The van der Waals surface area contributed by atoms with Gasteiger partial charge in [0.15, 0.2) is 0 Å². The lowest BCUT2D eigenvalue weighted by Gasteiger charge is -2.35. The summed E-state index contributed by atoms with van der Waals surface area (Å²) in [4.78, 5) is 27.6. The van der Waals surface area contributed by atoms with Crippen molar-refractivity contribution < 1.29 is 15.1 Å². The van der Waals surface area contributed by atoms with Gasteiger partial charge in [-0.15, -0.1) is 0 Å². The lowest BCUT2D eigenvalue weighted by Crippen LogP contribution is -2.44. The van der Waals surface area contributed by atoms with Crippen molar-refractivity contribution in [3.63, 3.8) is 0 Å². The predicted octanol–water partition coefficient (Wildman–Crippen LogP) is 6.53. The SMILES string of the molecule is C=C(N)C(=C)C(C/C=C/C)NC(=O)C1C(C(=C)C(CC(=O)CC(C)CC)C2Cc3ccccc3C2)CC2C1C2(C)C.O. The molecule has 2 saturated carbocycles. The number of Topliss-reactive ketones (excluding diaryl/α,β-unsaturated/α-hetero) is 1. The molecule has 5 N–H and O–H groups in total.